The second-order valence-corrected chi connectivity index (χ2v) is 9.54. The van der Waals surface area contributed by atoms with Crippen LogP contribution in [-0.4, -0.2) is 39.4 Å². The Hall–Kier alpha value is -2.28. The minimum Gasteiger partial charge on any atom is -0.336 e. The topological polar surface area (TPSA) is 49.6 Å². The van der Waals surface area contributed by atoms with Gasteiger partial charge in [-0.05, 0) is 61.9 Å². The number of likely N-dealkylation sites (tertiary alicyclic amines) is 1. The van der Waals surface area contributed by atoms with E-state index >= 15 is 0 Å². The smallest absolute Gasteiger partial charge is 0.259 e. The Kier molecular flexibility index (Phi) is 6.03. The minimum atomic E-state index is -0.00235. The second kappa shape index (κ2) is 9.07. The van der Waals surface area contributed by atoms with Gasteiger partial charge >= 0.3 is 0 Å². The molecular weight excluding hydrogens is 428 g/mol. The third-order valence-electron chi connectivity index (χ3n) is 6.00. The first-order valence-corrected chi connectivity index (χ1v) is 12.0. The van der Waals surface area contributed by atoms with Gasteiger partial charge in [-0.3, -0.25) is 14.1 Å². The summed E-state index contributed by atoms with van der Waals surface area (Å²) in [6, 6.07) is 14.0. The van der Waals surface area contributed by atoms with Gasteiger partial charge in [-0.1, -0.05) is 47.6 Å². The SMILES string of the molecule is O=C(NC1CCCCN1CCCc1ccccc1Cl)C1=Cc2cnc3cccc(n23)S1. The van der Waals surface area contributed by atoms with E-state index in [9.17, 15) is 4.79 Å². The third kappa shape index (κ3) is 4.38. The average Bonchev–Trinajstić information content (AvgIpc) is 3.21. The summed E-state index contributed by atoms with van der Waals surface area (Å²) in [6.45, 7) is 1.97. The number of hydrogen-bond donors (Lipinski definition) is 1. The van der Waals surface area contributed by atoms with Crippen LogP contribution in [0.3, 0.4) is 0 Å². The molecule has 1 unspecified atom stereocenters. The van der Waals surface area contributed by atoms with Crippen molar-refractivity contribution in [1.82, 2.24) is 19.6 Å². The van der Waals surface area contributed by atoms with Crippen LogP contribution in [0.15, 0.2) is 58.6 Å². The zero-order chi connectivity index (χ0) is 21.2. The van der Waals surface area contributed by atoms with Crippen molar-refractivity contribution < 1.29 is 4.79 Å². The molecule has 2 aliphatic heterocycles. The van der Waals surface area contributed by atoms with Gasteiger partial charge in [-0.15, -0.1) is 0 Å². The van der Waals surface area contributed by atoms with Crippen LogP contribution < -0.4 is 5.32 Å². The zero-order valence-corrected chi connectivity index (χ0v) is 18.8. The highest BCUT2D eigenvalue weighted by molar-refractivity contribution is 8.04. The van der Waals surface area contributed by atoms with Crippen LogP contribution in [0.25, 0.3) is 11.7 Å². The summed E-state index contributed by atoms with van der Waals surface area (Å²) < 4.78 is 2.09. The molecule has 7 heteroatoms. The van der Waals surface area contributed by atoms with Crippen molar-refractivity contribution in [2.24, 2.45) is 0 Å². The molecule has 0 aliphatic carbocycles. The molecule has 2 aliphatic rings. The Labute approximate surface area is 191 Å². The number of carbonyl (C=O) groups is 1. The predicted octanol–water partition coefficient (Wildman–Crippen LogP) is 5.00. The number of pyridine rings is 1. The largest absolute Gasteiger partial charge is 0.336 e. The molecule has 1 aromatic carbocycles. The number of imidazole rings is 1. The van der Waals surface area contributed by atoms with Gasteiger partial charge in [0.2, 0.25) is 0 Å². The molecule has 31 heavy (non-hydrogen) atoms. The van der Waals surface area contributed by atoms with Crippen LogP contribution in [0.4, 0.5) is 0 Å². The number of halogens is 1. The maximum Gasteiger partial charge on any atom is 0.259 e. The molecule has 160 valence electrons. The number of aromatic nitrogens is 2. The molecule has 1 fully saturated rings. The van der Waals surface area contributed by atoms with Gasteiger partial charge in [0.15, 0.2) is 0 Å². The number of piperidine rings is 1. The molecule has 1 atom stereocenters. The molecule has 5 rings (SSSR count). The first-order chi connectivity index (χ1) is 15.2. The van der Waals surface area contributed by atoms with Crippen LogP contribution in [0.5, 0.6) is 0 Å². The standard InChI is InChI=1S/C24H25ClN4OS/c25-19-9-2-1-7-17(19)8-6-14-28-13-4-3-10-22(28)27-24(30)20-15-18-16-26-21-11-5-12-23(31-20)29(18)21/h1-2,5,7,9,11-12,15-16,22H,3-4,6,8,10,13-14H2,(H,27,30). The number of aryl methyl sites for hydroxylation is 1. The van der Waals surface area contributed by atoms with Crippen LogP contribution in [0, 0.1) is 0 Å². The maximum absolute atomic E-state index is 13.1. The minimum absolute atomic E-state index is 0.00235. The molecule has 0 saturated carbocycles. The summed E-state index contributed by atoms with van der Waals surface area (Å²) in [5, 5.41) is 5.16. The summed E-state index contributed by atoms with van der Waals surface area (Å²) in [4.78, 5) is 20.7. The summed E-state index contributed by atoms with van der Waals surface area (Å²) in [7, 11) is 0. The molecule has 0 spiro atoms. The maximum atomic E-state index is 13.1. The molecule has 1 saturated heterocycles. The molecule has 4 heterocycles. The van der Waals surface area contributed by atoms with Gasteiger partial charge in [-0.25, -0.2) is 4.98 Å². The van der Waals surface area contributed by atoms with E-state index in [-0.39, 0.29) is 12.1 Å². The van der Waals surface area contributed by atoms with Crippen molar-refractivity contribution >= 4 is 41.0 Å². The number of carbonyl (C=O) groups excluding carboxylic acids is 1. The first-order valence-electron chi connectivity index (χ1n) is 10.8. The lowest BCUT2D eigenvalue weighted by atomic mass is 10.1. The number of thioether (sulfide) groups is 1. The van der Waals surface area contributed by atoms with Crippen LogP contribution >= 0.6 is 23.4 Å². The quantitative estimate of drug-likeness (QED) is 0.572. The van der Waals surface area contributed by atoms with E-state index in [4.69, 9.17) is 11.6 Å². The van der Waals surface area contributed by atoms with E-state index in [1.807, 2.05) is 48.7 Å². The van der Waals surface area contributed by atoms with E-state index in [1.165, 1.54) is 23.7 Å². The van der Waals surface area contributed by atoms with Crippen molar-refractivity contribution in [3.63, 3.8) is 0 Å². The van der Waals surface area contributed by atoms with Gasteiger partial charge < -0.3 is 5.32 Å². The van der Waals surface area contributed by atoms with E-state index < -0.39 is 0 Å². The van der Waals surface area contributed by atoms with Crippen molar-refractivity contribution in [2.45, 2.75) is 43.3 Å². The molecule has 3 aromatic rings. The molecule has 1 amide bonds. The molecule has 0 radical (unpaired) electrons. The highest BCUT2D eigenvalue weighted by Gasteiger charge is 2.26. The number of hydrogen-bond acceptors (Lipinski definition) is 4. The summed E-state index contributed by atoms with van der Waals surface area (Å²) >= 11 is 7.81. The van der Waals surface area contributed by atoms with E-state index in [0.29, 0.717) is 0 Å². The summed E-state index contributed by atoms with van der Waals surface area (Å²) in [5.41, 5.74) is 3.05. The van der Waals surface area contributed by atoms with Crippen molar-refractivity contribution in [1.29, 1.82) is 0 Å². The zero-order valence-electron chi connectivity index (χ0n) is 17.3. The van der Waals surface area contributed by atoms with Crippen molar-refractivity contribution in [3.05, 3.63) is 69.8 Å². The van der Waals surface area contributed by atoms with Gasteiger partial charge in [0, 0.05) is 18.1 Å². The number of nitrogens with one attached hydrogen (secondary N) is 1. The average molecular weight is 453 g/mol. The predicted molar refractivity (Wildman–Crippen MR) is 126 cm³/mol. The summed E-state index contributed by atoms with van der Waals surface area (Å²) in [5.74, 6) is -0.00235. The van der Waals surface area contributed by atoms with Crippen molar-refractivity contribution in [2.75, 3.05) is 13.1 Å². The van der Waals surface area contributed by atoms with Crippen LogP contribution in [0.1, 0.15) is 36.9 Å². The Morgan fingerprint density at radius 2 is 2.10 bits per heavy atom. The highest BCUT2D eigenvalue weighted by Crippen LogP contribution is 2.34. The fraction of sp³-hybridized carbons (Fsp3) is 0.333. The van der Waals surface area contributed by atoms with Gasteiger partial charge in [0.05, 0.1) is 28.0 Å². The van der Waals surface area contributed by atoms with Crippen LogP contribution in [0.2, 0.25) is 5.02 Å². The monoisotopic (exact) mass is 452 g/mol. The normalized spacial score (nSPS) is 18.7. The molecule has 5 nitrogen and oxygen atoms in total. The Morgan fingerprint density at radius 1 is 1.19 bits per heavy atom. The lowest BCUT2D eigenvalue weighted by Gasteiger charge is -2.36. The Morgan fingerprint density at radius 3 is 3.00 bits per heavy atom. The Balaban J connectivity index is 1.23. The molecule has 1 N–H and O–H groups in total. The highest BCUT2D eigenvalue weighted by atomic mass is 35.5. The molecule has 2 aromatic heterocycles. The summed E-state index contributed by atoms with van der Waals surface area (Å²) in [6.07, 6.45) is 9.13. The van der Waals surface area contributed by atoms with E-state index in [2.05, 4.69) is 25.7 Å². The lowest BCUT2D eigenvalue weighted by Crippen LogP contribution is -2.51. The fourth-order valence-electron chi connectivity index (χ4n) is 4.42. The number of amides is 1. The van der Waals surface area contributed by atoms with Gasteiger partial charge in [0.25, 0.3) is 5.91 Å². The third-order valence-corrected chi connectivity index (χ3v) is 7.42. The lowest BCUT2D eigenvalue weighted by molar-refractivity contribution is -0.119. The van der Waals surface area contributed by atoms with Gasteiger partial charge in [-0.2, -0.15) is 0 Å². The van der Waals surface area contributed by atoms with Gasteiger partial charge in [0.1, 0.15) is 5.65 Å². The Bertz CT molecular complexity index is 1140. The van der Waals surface area contributed by atoms with E-state index in [1.54, 1.807) is 0 Å². The molecule has 0 bridgehead atoms. The second-order valence-electron chi connectivity index (χ2n) is 8.07. The number of nitrogens with zero attached hydrogens (tertiary/aromatic N) is 3. The number of benzene rings is 1. The van der Waals surface area contributed by atoms with Crippen molar-refractivity contribution in [3.8, 4) is 0 Å². The van der Waals surface area contributed by atoms with E-state index in [0.717, 1.165) is 65.1 Å². The van der Waals surface area contributed by atoms with Crippen LogP contribution in [-0.2, 0) is 11.2 Å². The molecular formula is C24H25ClN4OS. The first kappa shape index (κ1) is 20.6. The fourth-order valence-corrected chi connectivity index (χ4v) is 5.64. The number of rotatable bonds is 6.